The fraction of sp³-hybridized carbons (Fsp3) is 0.385. The Morgan fingerprint density at radius 3 is 2.76 bits per heavy atom. The van der Waals surface area contributed by atoms with Gasteiger partial charge in [0.05, 0.1) is 30.4 Å². The van der Waals surface area contributed by atoms with Crippen molar-refractivity contribution >= 4 is 28.3 Å². The van der Waals surface area contributed by atoms with Crippen LogP contribution in [-0.2, 0) is 24.1 Å². The van der Waals surface area contributed by atoms with Crippen LogP contribution in [0.2, 0.25) is 0 Å². The number of nitrogens with zero attached hydrogens (tertiary/aromatic N) is 2. The van der Waals surface area contributed by atoms with Gasteiger partial charge in [0.15, 0.2) is 0 Å². The van der Waals surface area contributed by atoms with Gasteiger partial charge in [-0.15, -0.1) is 11.3 Å². The molecule has 0 bridgehead atoms. The zero-order chi connectivity index (χ0) is 22.9. The summed E-state index contributed by atoms with van der Waals surface area (Å²) in [7, 11) is 0. The Balaban J connectivity index is 1.52. The number of urea groups is 1. The first-order valence-corrected chi connectivity index (χ1v) is 12.6. The highest BCUT2D eigenvalue weighted by atomic mass is 32.1. The van der Waals surface area contributed by atoms with Crippen molar-refractivity contribution < 1.29 is 14.3 Å². The quantitative estimate of drug-likeness (QED) is 0.476. The third-order valence-corrected chi connectivity index (χ3v) is 7.82. The summed E-state index contributed by atoms with van der Waals surface area (Å²) >= 11 is 1.53. The Morgan fingerprint density at radius 2 is 1.94 bits per heavy atom. The number of ether oxygens (including phenoxy) is 1. The minimum atomic E-state index is -0.339. The Hall–Kier alpha value is -3.06. The fourth-order valence-electron chi connectivity index (χ4n) is 5.10. The summed E-state index contributed by atoms with van der Waals surface area (Å²) in [6.07, 6.45) is 6.83. The first kappa shape index (κ1) is 21.8. The number of anilines is 1. The Bertz CT molecular complexity index is 1200. The number of aromatic nitrogens is 1. The van der Waals surface area contributed by atoms with Crippen molar-refractivity contribution in [3.05, 3.63) is 69.9 Å². The van der Waals surface area contributed by atoms with E-state index in [2.05, 4.69) is 41.2 Å². The van der Waals surface area contributed by atoms with E-state index in [4.69, 9.17) is 4.74 Å². The molecular weight excluding hydrogens is 434 g/mol. The number of fused-ring (bicyclic) bond motifs is 4. The van der Waals surface area contributed by atoms with Crippen LogP contribution in [0.4, 0.5) is 9.80 Å². The van der Waals surface area contributed by atoms with Crippen LogP contribution in [0.1, 0.15) is 71.2 Å². The second-order valence-corrected chi connectivity index (χ2v) is 9.65. The van der Waals surface area contributed by atoms with Gasteiger partial charge in [-0.3, -0.25) is 5.32 Å². The molecule has 1 aromatic carbocycles. The molecule has 0 saturated carbocycles. The monoisotopic (exact) mass is 463 g/mol. The number of hydrogen-bond acceptors (Lipinski definition) is 4. The van der Waals surface area contributed by atoms with E-state index in [9.17, 15) is 9.59 Å². The van der Waals surface area contributed by atoms with E-state index in [0.717, 1.165) is 54.6 Å². The lowest BCUT2D eigenvalue weighted by molar-refractivity contribution is 0.0526. The maximum Gasteiger partial charge on any atom is 0.341 e. The van der Waals surface area contributed by atoms with E-state index >= 15 is 0 Å². The van der Waals surface area contributed by atoms with Gasteiger partial charge >= 0.3 is 12.0 Å². The topological polar surface area (TPSA) is 63.6 Å². The van der Waals surface area contributed by atoms with Gasteiger partial charge < -0.3 is 14.2 Å². The van der Waals surface area contributed by atoms with Crippen molar-refractivity contribution in [3.63, 3.8) is 0 Å². The number of rotatable bonds is 4. The van der Waals surface area contributed by atoms with E-state index in [1.165, 1.54) is 16.2 Å². The molecule has 172 valence electrons. The summed E-state index contributed by atoms with van der Waals surface area (Å²) in [4.78, 5) is 29.7. The highest BCUT2D eigenvalue weighted by molar-refractivity contribution is 7.17. The number of carbonyl (C=O) groups excluding carboxylic acids is 2. The van der Waals surface area contributed by atoms with Crippen molar-refractivity contribution in [1.82, 2.24) is 9.47 Å². The van der Waals surface area contributed by atoms with Gasteiger partial charge in [-0.05, 0) is 68.4 Å². The molecule has 3 aromatic rings. The number of thiophene rings is 1. The normalized spacial score (nSPS) is 16.9. The standard InChI is InChI=1S/C26H29N3O3S/c1-3-19-21-13-9-15-28(21)20-12-7-5-10-17(20)16-29(19)26(31)27-24-23(25(30)32-4-2)18-11-6-8-14-22(18)33-24/h5,7,9-10,12-13,15,19H,3-4,6,8,11,14,16H2,1-2H3,(H,27,31). The molecule has 1 N–H and O–H groups in total. The lowest BCUT2D eigenvalue weighted by atomic mass is 9.95. The molecule has 1 aliphatic heterocycles. The third kappa shape index (κ3) is 3.84. The minimum Gasteiger partial charge on any atom is -0.462 e. The number of amides is 2. The van der Waals surface area contributed by atoms with Crippen LogP contribution >= 0.6 is 11.3 Å². The molecule has 0 spiro atoms. The lowest BCUT2D eigenvalue weighted by Gasteiger charge is -2.29. The minimum absolute atomic E-state index is 0.0759. The predicted molar refractivity (Wildman–Crippen MR) is 130 cm³/mol. The smallest absolute Gasteiger partial charge is 0.341 e. The van der Waals surface area contributed by atoms with Crippen LogP contribution < -0.4 is 5.32 Å². The van der Waals surface area contributed by atoms with E-state index in [-0.39, 0.29) is 18.0 Å². The van der Waals surface area contributed by atoms with Gasteiger partial charge in [0.2, 0.25) is 0 Å². The number of esters is 1. The van der Waals surface area contributed by atoms with Gasteiger partial charge in [0.1, 0.15) is 5.00 Å². The molecule has 6 nitrogen and oxygen atoms in total. The van der Waals surface area contributed by atoms with Crippen LogP contribution in [0.25, 0.3) is 5.69 Å². The van der Waals surface area contributed by atoms with Gasteiger partial charge in [-0.2, -0.15) is 0 Å². The molecule has 5 rings (SSSR count). The molecule has 2 aromatic heterocycles. The molecule has 2 aliphatic rings. The number of aryl methyl sites for hydroxylation is 1. The maximum atomic E-state index is 13.7. The van der Waals surface area contributed by atoms with Crippen molar-refractivity contribution in [3.8, 4) is 5.69 Å². The largest absolute Gasteiger partial charge is 0.462 e. The van der Waals surface area contributed by atoms with Crippen LogP contribution in [0, 0.1) is 0 Å². The molecule has 1 atom stereocenters. The van der Waals surface area contributed by atoms with Crippen LogP contribution in [-0.4, -0.2) is 28.1 Å². The summed E-state index contributed by atoms with van der Waals surface area (Å²) in [5.41, 5.74) is 4.90. The molecule has 0 fully saturated rings. The Morgan fingerprint density at radius 1 is 1.12 bits per heavy atom. The second-order valence-electron chi connectivity index (χ2n) is 8.55. The van der Waals surface area contributed by atoms with Crippen LogP contribution in [0.15, 0.2) is 42.6 Å². The number of carbonyl (C=O) groups is 2. The molecule has 2 amide bonds. The average Bonchev–Trinajstić information content (AvgIpc) is 3.41. The summed E-state index contributed by atoms with van der Waals surface area (Å²) in [5, 5.41) is 3.74. The fourth-order valence-corrected chi connectivity index (χ4v) is 6.37. The van der Waals surface area contributed by atoms with E-state index in [0.29, 0.717) is 23.7 Å². The summed E-state index contributed by atoms with van der Waals surface area (Å²) in [6, 6.07) is 12.1. The van der Waals surface area contributed by atoms with Crippen LogP contribution in [0.3, 0.4) is 0 Å². The van der Waals surface area contributed by atoms with Crippen molar-refractivity contribution in [2.24, 2.45) is 0 Å². The van der Waals surface area contributed by atoms with E-state index in [1.807, 2.05) is 30.0 Å². The van der Waals surface area contributed by atoms with Crippen molar-refractivity contribution in [2.75, 3.05) is 11.9 Å². The zero-order valence-electron chi connectivity index (χ0n) is 19.1. The van der Waals surface area contributed by atoms with E-state index < -0.39 is 0 Å². The summed E-state index contributed by atoms with van der Waals surface area (Å²) < 4.78 is 7.55. The molecule has 33 heavy (non-hydrogen) atoms. The number of nitrogens with one attached hydrogen (secondary N) is 1. The van der Waals surface area contributed by atoms with Crippen molar-refractivity contribution in [2.45, 2.75) is 58.5 Å². The zero-order valence-corrected chi connectivity index (χ0v) is 19.9. The lowest BCUT2D eigenvalue weighted by Crippen LogP contribution is -2.37. The SMILES string of the molecule is CCOC(=O)c1c(NC(=O)N2Cc3ccccc3-n3cccc3C2CC)sc2c1CCCC2. The van der Waals surface area contributed by atoms with E-state index in [1.54, 1.807) is 0 Å². The molecule has 0 radical (unpaired) electrons. The van der Waals surface area contributed by atoms with Crippen molar-refractivity contribution in [1.29, 1.82) is 0 Å². The number of benzene rings is 1. The number of para-hydroxylation sites is 1. The highest BCUT2D eigenvalue weighted by Gasteiger charge is 2.33. The molecule has 7 heteroatoms. The maximum absolute atomic E-state index is 13.7. The number of hydrogen-bond donors (Lipinski definition) is 1. The second kappa shape index (κ2) is 9.06. The Labute approximate surface area is 198 Å². The summed E-state index contributed by atoms with van der Waals surface area (Å²) in [5.74, 6) is -0.339. The predicted octanol–water partition coefficient (Wildman–Crippen LogP) is 6.09. The average molecular weight is 464 g/mol. The Kier molecular flexibility index (Phi) is 5.98. The molecule has 3 heterocycles. The third-order valence-electron chi connectivity index (χ3n) is 6.61. The van der Waals surface area contributed by atoms with Gasteiger partial charge in [-0.25, -0.2) is 9.59 Å². The highest BCUT2D eigenvalue weighted by Crippen LogP contribution is 2.40. The summed E-state index contributed by atoms with van der Waals surface area (Å²) in [6.45, 7) is 4.73. The molecular formula is C26H29N3O3S. The molecule has 1 aliphatic carbocycles. The van der Waals surface area contributed by atoms with Crippen LogP contribution in [0.5, 0.6) is 0 Å². The molecule has 1 unspecified atom stereocenters. The van der Waals surface area contributed by atoms with Gasteiger partial charge in [0, 0.05) is 16.8 Å². The first-order valence-electron chi connectivity index (χ1n) is 11.8. The molecule has 0 saturated heterocycles. The first-order chi connectivity index (χ1) is 16.1. The van der Waals surface area contributed by atoms with Gasteiger partial charge in [0.25, 0.3) is 0 Å². The van der Waals surface area contributed by atoms with Gasteiger partial charge in [-0.1, -0.05) is 25.1 Å².